The molecule has 2 heterocycles. The fourth-order valence-corrected chi connectivity index (χ4v) is 4.39. The molecule has 0 fully saturated rings. The van der Waals surface area contributed by atoms with Gasteiger partial charge in [0.2, 0.25) is 5.91 Å². The zero-order valence-corrected chi connectivity index (χ0v) is 19.3. The van der Waals surface area contributed by atoms with Crippen LogP contribution in [0.5, 0.6) is 11.5 Å². The fourth-order valence-electron chi connectivity index (χ4n) is 4.39. The van der Waals surface area contributed by atoms with Crippen molar-refractivity contribution in [1.82, 2.24) is 14.9 Å². The maximum absolute atomic E-state index is 13.2. The maximum Gasteiger partial charge on any atom is 0.256 e. The van der Waals surface area contributed by atoms with Gasteiger partial charge in [-0.25, -0.2) is 4.98 Å². The van der Waals surface area contributed by atoms with Gasteiger partial charge in [0.05, 0.1) is 37.9 Å². The van der Waals surface area contributed by atoms with Crippen LogP contribution in [0.25, 0.3) is 0 Å². The van der Waals surface area contributed by atoms with Crippen LogP contribution in [0.4, 0.5) is 0 Å². The van der Waals surface area contributed by atoms with Crippen LogP contribution in [0.15, 0.2) is 53.3 Å². The Morgan fingerprint density at radius 1 is 1.12 bits per heavy atom. The lowest BCUT2D eigenvalue weighted by Gasteiger charge is -2.31. The summed E-state index contributed by atoms with van der Waals surface area (Å²) < 4.78 is 10.7. The van der Waals surface area contributed by atoms with E-state index in [-0.39, 0.29) is 23.9 Å². The van der Waals surface area contributed by atoms with Crippen molar-refractivity contribution in [1.29, 1.82) is 0 Å². The number of amides is 1. The summed E-state index contributed by atoms with van der Waals surface area (Å²) in [6, 6.07) is 15.5. The Morgan fingerprint density at radius 3 is 2.58 bits per heavy atom. The number of nitrogens with one attached hydrogen (secondary N) is 1. The topological polar surface area (TPSA) is 84.5 Å². The number of H-pyrrole nitrogens is 1. The first-order chi connectivity index (χ1) is 16.0. The molecule has 4 rings (SSSR count). The van der Waals surface area contributed by atoms with Crippen molar-refractivity contribution in [3.63, 3.8) is 0 Å². The molecule has 1 aromatic heterocycles. The fraction of sp³-hybridized carbons (Fsp3) is 0.346. The van der Waals surface area contributed by atoms with E-state index in [2.05, 4.69) is 4.98 Å². The number of aromatic nitrogens is 2. The molecule has 0 radical (unpaired) electrons. The summed E-state index contributed by atoms with van der Waals surface area (Å²) >= 11 is 0. The number of benzene rings is 2. The van der Waals surface area contributed by atoms with Crippen LogP contribution in [0.1, 0.15) is 47.5 Å². The van der Waals surface area contributed by atoms with Gasteiger partial charge < -0.3 is 19.4 Å². The molecular formula is C26H29N3O4. The molecule has 1 atom stereocenters. The summed E-state index contributed by atoms with van der Waals surface area (Å²) in [7, 11) is 3.19. The van der Waals surface area contributed by atoms with E-state index in [9.17, 15) is 9.59 Å². The number of carbonyl (C=O) groups excluding carboxylic acids is 1. The summed E-state index contributed by atoms with van der Waals surface area (Å²) in [4.78, 5) is 35.6. The average Bonchev–Trinajstić information content (AvgIpc) is 2.85. The quantitative estimate of drug-likeness (QED) is 0.600. The Bertz CT molecular complexity index is 1190. The molecule has 0 bridgehead atoms. The van der Waals surface area contributed by atoms with Crippen LogP contribution in [-0.2, 0) is 24.2 Å². The van der Waals surface area contributed by atoms with Crippen LogP contribution in [-0.4, -0.2) is 41.5 Å². The third-order valence-electron chi connectivity index (χ3n) is 6.16. The molecule has 1 unspecified atom stereocenters. The largest absolute Gasteiger partial charge is 0.493 e. The van der Waals surface area contributed by atoms with Crippen LogP contribution < -0.4 is 15.0 Å². The SMILES string of the molecule is CCC(C(=O)N1CCc2nc(Cc3ccc(OC)c(OC)c3)[nH]c(=O)c2C1)c1ccccc1. The van der Waals surface area contributed by atoms with E-state index in [1.54, 1.807) is 19.1 Å². The summed E-state index contributed by atoms with van der Waals surface area (Å²) in [6.45, 7) is 2.86. The maximum atomic E-state index is 13.2. The molecule has 0 aliphatic carbocycles. The Labute approximate surface area is 193 Å². The Balaban J connectivity index is 1.53. The molecule has 0 saturated heterocycles. The lowest BCUT2D eigenvalue weighted by molar-refractivity contribution is -0.133. The Kier molecular flexibility index (Phi) is 6.77. The zero-order chi connectivity index (χ0) is 23.4. The molecule has 7 nitrogen and oxygen atoms in total. The van der Waals surface area contributed by atoms with Gasteiger partial charge in [0, 0.05) is 19.4 Å². The molecule has 172 valence electrons. The number of nitrogens with zero attached hydrogens (tertiary/aromatic N) is 2. The van der Waals surface area contributed by atoms with E-state index in [1.807, 2.05) is 55.5 Å². The highest BCUT2D eigenvalue weighted by molar-refractivity contribution is 5.84. The van der Waals surface area contributed by atoms with Crippen LogP contribution >= 0.6 is 0 Å². The Morgan fingerprint density at radius 2 is 1.88 bits per heavy atom. The number of fused-ring (bicyclic) bond motifs is 1. The summed E-state index contributed by atoms with van der Waals surface area (Å²) in [5.74, 6) is 1.74. The number of rotatable bonds is 7. The predicted molar refractivity (Wildman–Crippen MR) is 126 cm³/mol. The standard InChI is InChI=1S/C26H29N3O4/c1-4-19(18-8-6-5-7-9-18)26(31)29-13-12-21-20(16-29)25(30)28-24(27-21)15-17-10-11-22(32-2)23(14-17)33-3/h5-11,14,19H,4,12-13,15-16H2,1-3H3,(H,27,28,30). The van der Waals surface area contributed by atoms with Gasteiger partial charge in [0.1, 0.15) is 5.82 Å². The first kappa shape index (κ1) is 22.6. The number of carbonyl (C=O) groups is 1. The normalized spacial score (nSPS) is 13.8. The van der Waals surface area contributed by atoms with E-state index < -0.39 is 0 Å². The van der Waals surface area contributed by atoms with Gasteiger partial charge in [-0.3, -0.25) is 9.59 Å². The van der Waals surface area contributed by atoms with Crippen LogP contribution in [0.3, 0.4) is 0 Å². The molecule has 0 saturated carbocycles. The van der Waals surface area contributed by atoms with Crippen molar-refractivity contribution in [3.05, 3.63) is 87.1 Å². The number of methoxy groups -OCH3 is 2. The highest BCUT2D eigenvalue weighted by Crippen LogP contribution is 2.28. The number of hydrogen-bond donors (Lipinski definition) is 1. The van der Waals surface area contributed by atoms with Crippen molar-refractivity contribution in [2.75, 3.05) is 20.8 Å². The minimum atomic E-state index is -0.205. The van der Waals surface area contributed by atoms with Crippen molar-refractivity contribution in [3.8, 4) is 11.5 Å². The molecule has 1 aliphatic rings. The van der Waals surface area contributed by atoms with Gasteiger partial charge in [-0.2, -0.15) is 0 Å². The molecule has 7 heteroatoms. The summed E-state index contributed by atoms with van der Waals surface area (Å²) in [5, 5.41) is 0. The zero-order valence-electron chi connectivity index (χ0n) is 19.3. The van der Waals surface area contributed by atoms with Crippen LogP contribution in [0.2, 0.25) is 0 Å². The number of hydrogen-bond acceptors (Lipinski definition) is 5. The monoisotopic (exact) mass is 447 g/mol. The molecule has 3 aromatic rings. The third kappa shape index (κ3) is 4.77. The molecule has 0 spiro atoms. The second kappa shape index (κ2) is 9.90. The van der Waals surface area contributed by atoms with Gasteiger partial charge in [0.15, 0.2) is 11.5 Å². The first-order valence-electron chi connectivity index (χ1n) is 11.2. The third-order valence-corrected chi connectivity index (χ3v) is 6.16. The van der Waals surface area contributed by atoms with Crippen molar-refractivity contribution < 1.29 is 14.3 Å². The summed E-state index contributed by atoms with van der Waals surface area (Å²) in [6.07, 6.45) is 1.75. The smallest absolute Gasteiger partial charge is 0.256 e. The lowest BCUT2D eigenvalue weighted by atomic mass is 9.94. The molecule has 1 amide bonds. The molecule has 1 N–H and O–H groups in total. The minimum Gasteiger partial charge on any atom is -0.493 e. The molecule has 2 aromatic carbocycles. The Hall–Kier alpha value is -3.61. The van der Waals surface area contributed by atoms with E-state index >= 15 is 0 Å². The van der Waals surface area contributed by atoms with Crippen molar-refractivity contribution >= 4 is 5.91 Å². The average molecular weight is 448 g/mol. The predicted octanol–water partition coefficient (Wildman–Crippen LogP) is 3.46. The number of ether oxygens (including phenoxy) is 2. The van der Waals surface area contributed by atoms with Gasteiger partial charge >= 0.3 is 0 Å². The van der Waals surface area contributed by atoms with E-state index in [0.29, 0.717) is 48.7 Å². The molecular weight excluding hydrogens is 418 g/mol. The van der Waals surface area contributed by atoms with E-state index in [4.69, 9.17) is 14.5 Å². The second-order valence-electron chi connectivity index (χ2n) is 8.19. The second-order valence-corrected chi connectivity index (χ2v) is 8.19. The number of aromatic amines is 1. The highest BCUT2D eigenvalue weighted by atomic mass is 16.5. The van der Waals surface area contributed by atoms with Crippen molar-refractivity contribution in [2.45, 2.75) is 38.6 Å². The van der Waals surface area contributed by atoms with Gasteiger partial charge in [-0.1, -0.05) is 43.3 Å². The van der Waals surface area contributed by atoms with E-state index in [1.165, 1.54) is 0 Å². The highest BCUT2D eigenvalue weighted by Gasteiger charge is 2.29. The van der Waals surface area contributed by atoms with Gasteiger partial charge in [-0.05, 0) is 29.7 Å². The molecule has 1 aliphatic heterocycles. The van der Waals surface area contributed by atoms with Crippen molar-refractivity contribution in [2.24, 2.45) is 0 Å². The van der Waals surface area contributed by atoms with Crippen LogP contribution in [0, 0.1) is 0 Å². The van der Waals surface area contributed by atoms with Gasteiger partial charge in [0.25, 0.3) is 5.56 Å². The first-order valence-corrected chi connectivity index (χ1v) is 11.2. The molecule has 33 heavy (non-hydrogen) atoms. The van der Waals surface area contributed by atoms with Gasteiger partial charge in [-0.15, -0.1) is 0 Å². The minimum absolute atomic E-state index is 0.0585. The summed E-state index contributed by atoms with van der Waals surface area (Å²) in [5.41, 5.74) is 3.13. The van der Waals surface area contributed by atoms with E-state index in [0.717, 1.165) is 16.8 Å². The lowest BCUT2D eigenvalue weighted by Crippen LogP contribution is -2.42.